The van der Waals surface area contributed by atoms with Gasteiger partial charge in [-0.1, -0.05) is 0 Å². The van der Waals surface area contributed by atoms with E-state index >= 15 is 0 Å². The van der Waals surface area contributed by atoms with Crippen molar-refractivity contribution in [2.45, 2.75) is 25.8 Å². The average Bonchev–Trinajstić information content (AvgIpc) is 3.05. The van der Waals surface area contributed by atoms with E-state index in [4.69, 9.17) is 5.73 Å². The molecular weight excluding hydrogens is 344 g/mol. The number of fused-ring (bicyclic) bond motifs is 3. The van der Waals surface area contributed by atoms with Gasteiger partial charge in [-0.15, -0.1) is 0 Å². The van der Waals surface area contributed by atoms with Crippen LogP contribution in [0.4, 0.5) is 0 Å². The fraction of sp³-hybridized carbons (Fsp3) is 0.250. The van der Waals surface area contributed by atoms with E-state index in [-0.39, 0.29) is 11.4 Å². The highest BCUT2D eigenvalue weighted by molar-refractivity contribution is 5.91. The molecule has 2 aromatic heterocycles. The average molecular weight is 364 g/mol. The van der Waals surface area contributed by atoms with Gasteiger partial charge < -0.3 is 15.9 Å². The summed E-state index contributed by atoms with van der Waals surface area (Å²) in [6, 6.07) is 8.79. The highest BCUT2D eigenvalue weighted by atomic mass is 16.4. The molecule has 0 bridgehead atoms. The number of hydrogen-bond acceptors (Lipinski definition) is 5. The summed E-state index contributed by atoms with van der Waals surface area (Å²) in [6.45, 7) is 0.964. The summed E-state index contributed by atoms with van der Waals surface area (Å²) in [7, 11) is 0. The Hall–Kier alpha value is -3.19. The number of hydrogen-bond donors (Lipinski definition) is 3. The van der Waals surface area contributed by atoms with E-state index in [0.717, 1.165) is 34.4 Å². The van der Waals surface area contributed by atoms with Crippen molar-refractivity contribution >= 4 is 5.97 Å². The number of benzene rings is 1. The summed E-state index contributed by atoms with van der Waals surface area (Å²) in [4.78, 5) is 16.4. The molecule has 0 aliphatic heterocycles. The van der Waals surface area contributed by atoms with Crippen molar-refractivity contribution in [3.8, 4) is 28.3 Å². The molecule has 0 saturated carbocycles. The number of nitrogens with two attached hydrogens (primary N) is 1. The van der Waals surface area contributed by atoms with Crippen LogP contribution >= 0.6 is 0 Å². The lowest BCUT2D eigenvalue weighted by molar-refractivity contribution is 0.0681. The first kappa shape index (κ1) is 17.2. The molecule has 2 heterocycles. The van der Waals surface area contributed by atoms with Crippen molar-refractivity contribution in [3.63, 3.8) is 0 Å². The number of aromatic carboxylic acids is 1. The van der Waals surface area contributed by atoms with E-state index in [9.17, 15) is 15.0 Å². The Morgan fingerprint density at radius 1 is 1.22 bits per heavy atom. The second kappa shape index (κ2) is 6.85. The van der Waals surface area contributed by atoms with Gasteiger partial charge in [-0.05, 0) is 61.7 Å². The van der Waals surface area contributed by atoms with Crippen LogP contribution < -0.4 is 5.73 Å². The molecule has 0 fully saturated rings. The van der Waals surface area contributed by atoms with Crippen molar-refractivity contribution in [1.29, 1.82) is 0 Å². The van der Waals surface area contributed by atoms with E-state index in [1.54, 1.807) is 28.9 Å². The molecule has 27 heavy (non-hydrogen) atoms. The zero-order valence-corrected chi connectivity index (χ0v) is 14.7. The Labute approximate surface area is 156 Å². The number of pyridine rings is 1. The van der Waals surface area contributed by atoms with Gasteiger partial charge in [-0.2, -0.15) is 5.10 Å². The zero-order valence-electron chi connectivity index (χ0n) is 14.7. The molecule has 0 unspecified atom stereocenters. The van der Waals surface area contributed by atoms with Crippen molar-refractivity contribution < 1.29 is 15.0 Å². The van der Waals surface area contributed by atoms with Crippen LogP contribution in [0.1, 0.15) is 28.0 Å². The van der Waals surface area contributed by atoms with Gasteiger partial charge in [0.15, 0.2) is 0 Å². The molecule has 3 aromatic rings. The summed E-state index contributed by atoms with van der Waals surface area (Å²) >= 11 is 0. The second-order valence-corrected chi connectivity index (χ2v) is 6.62. The van der Waals surface area contributed by atoms with Gasteiger partial charge in [0.2, 0.25) is 0 Å². The summed E-state index contributed by atoms with van der Waals surface area (Å²) in [5.41, 5.74) is 10.9. The monoisotopic (exact) mass is 364 g/mol. The molecule has 7 nitrogen and oxygen atoms in total. The number of phenols is 1. The molecule has 0 atom stereocenters. The molecule has 0 amide bonds. The lowest BCUT2D eigenvalue weighted by Gasteiger charge is -2.16. The van der Waals surface area contributed by atoms with E-state index < -0.39 is 5.97 Å². The fourth-order valence-corrected chi connectivity index (χ4v) is 3.55. The molecule has 0 saturated heterocycles. The lowest BCUT2D eigenvalue weighted by Crippen LogP contribution is -2.14. The third-order valence-corrected chi connectivity index (χ3v) is 4.88. The van der Waals surface area contributed by atoms with E-state index in [0.29, 0.717) is 31.6 Å². The van der Waals surface area contributed by atoms with Gasteiger partial charge in [0.1, 0.15) is 11.4 Å². The van der Waals surface area contributed by atoms with Gasteiger partial charge >= 0.3 is 5.97 Å². The molecule has 0 spiro atoms. The van der Waals surface area contributed by atoms with Gasteiger partial charge in [0.05, 0.1) is 11.4 Å². The van der Waals surface area contributed by atoms with Crippen LogP contribution in [0.2, 0.25) is 0 Å². The summed E-state index contributed by atoms with van der Waals surface area (Å²) in [5.74, 6) is -0.763. The highest BCUT2D eigenvalue weighted by Crippen LogP contribution is 2.36. The summed E-state index contributed by atoms with van der Waals surface area (Å²) in [5, 5.41) is 23.8. The van der Waals surface area contributed by atoms with E-state index in [1.807, 2.05) is 12.3 Å². The third kappa shape index (κ3) is 3.06. The molecule has 0 radical (unpaired) electrons. The molecule has 138 valence electrons. The molecule has 1 aromatic carbocycles. The zero-order chi connectivity index (χ0) is 19.0. The van der Waals surface area contributed by atoms with Gasteiger partial charge in [0.25, 0.3) is 0 Å². The van der Waals surface area contributed by atoms with Crippen molar-refractivity contribution in [3.05, 3.63) is 53.3 Å². The maximum atomic E-state index is 11.8. The first-order chi connectivity index (χ1) is 13.1. The summed E-state index contributed by atoms with van der Waals surface area (Å²) in [6.07, 6.45) is 3.86. The molecule has 7 heteroatoms. The molecular formula is C20H20N4O3. The predicted molar refractivity (Wildman–Crippen MR) is 101 cm³/mol. The number of aromatic nitrogens is 3. The first-order valence-corrected chi connectivity index (χ1v) is 8.90. The maximum Gasteiger partial charge on any atom is 0.354 e. The van der Waals surface area contributed by atoms with Gasteiger partial charge in [-0.3, -0.25) is 9.67 Å². The largest absolute Gasteiger partial charge is 0.508 e. The topological polar surface area (TPSA) is 114 Å². The molecule has 4 rings (SSSR count). The maximum absolute atomic E-state index is 11.8. The first-order valence-electron chi connectivity index (χ1n) is 8.90. The number of carboxylic acids is 1. The standard InChI is InChI=1S/C20H20N4O3/c21-8-1-9-24-19(20(26)27)15-7-4-13-11-22-17(10-16(13)18(15)23-24)12-2-5-14(25)6-3-12/h2-3,5-6,10-11,25H,1,4,7-9,21H2,(H,26,27). The van der Waals surface area contributed by atoms with Gasteiger partial charge in [0, 0.05) is 29.4 Å². The third-order valence-electron chi connectivity index (χ3n) is 4.88. The smallest absolute Gasteiger partial charge is 0.354 e. The quantitative estimate of drug-likeness (QED) is 0.641. The van der Waals surface area contributed by atoms with Crippen LogP contribution in [-0.2, 0) is 19.4 Å². The van der Waals surface area contributed by atoms with E-state index in [2.05, 4.69) is 10.1 Å². The Morgan fingerprint density at radius 2 is 2.00 bits per heavy atom. The minimum Gasteiger partial charge on any atom is -0.508 e. The molecule has 1 aliphatic rings. The minimum atomic E-state index is -0.961. The number of aryl methyl sites for hydroxylation is 2. The van der Waals surface area contributed by atoms with Crippen LogP contribution in [0.15, 0.2) is 36.5 Å². The van der Waals surface area contributed by atoms with Gasteiger partial charge in [-0.25, -0.2) is 4.79 Å². The lowest BCUT2D eigenvalue weighted by atomic mass is 9.89. The summed E-state index contributed by atoms with van der Waals surface area (Å²) < 4.78 is 1.57. The number of aromatic hydroxyl groups is 1. The van der Waals surface area contributed by atoms with Crippen molar-refractivity contribution in [1.82, 2.24) is 14.8 Å². The van der Waals surface area contributed by atoms with Crippen LogP contribution in [-0.4, -0.2) is 37.5 Å². The highest BCUT2D eigenvalue weighted by Gasteiger charge is 2.28. The van der Waals surface area contributed by atoms with Crippen LogP contribution in [0.25, 0.3) is 22.5 Å². The van der Waals surface area contributed by atoms with Crippen LogP contribution in [0.3, 0.4) is 0 Å². The van der Waals surface area contributed by atoms with Crippen molar-refractivity contribution in [2.75, 3.05) is 6.54 Å². The number of rotatable bonds is 5. The van der Waals surface area contributed by atoms with Crippen molar-refractivity contribution in [2.24, 2.45) is 5.73 Å². The molecule has 1 aliphatic carbocycles. The Balaban J connectivity index is 1.83. The van der Waals surface area contributed by atoms with Crippen LogP contribution in [0, 0.1) is 0 Å². The van der Waals surface area contributed by atoms with E-state index in [1.165, 1.54) is 0 Å². The number of phenolic OH excluding ortho intramolecular Hbond substituents is 1. The number of carboxylic acid groups (broad SMARTS) is 1. The Bertz CT molecular complexity index is 1010. The Morgan fingerprint density at radius 3 is 2.70 bits per heavy atom. The fourth-order valence-electron chi connectivity index (χ4n) is 3.55. The predicted octanol–water partition coefficient (Wildman–Crippen LogP) is 2.46. The number of carbonyl (C=O) groups is 1. The normalized spacial score (nSPS) is 12.5. The minimum absolute atomic E-state index is 0.198. The van der Waals surface area contributed by atoms with Crippen LogP contribution in [0.5, 0.6) is 5.75 Å². The Kier molecular flexibility index (Phi) is 4.37. The molecule has 4 N–H and O–H groups in total. The SMILES string of the molecule is NCCCn1nc2c(c1C(=O)O)CCc1cnc(-c3ccc(O)cc3)cc1-2. The number of nitrogens with zero attached hydrogens (tertiary/aromatic N) is 3. The second-order valence-electron chi connectivity index (χ2n) is 6.62.